The molecule has 3 rings (SSSR count). The maximum Gasteiger partial charge on any atom is 0.259 e. The van der Waals surface area contributed by atoms with Crippen LogP contribution in [0, 0.1) is 0 Å². The molecule has 0 bridgehead atoms. The molecule has 5 nitrogen and oxygen atoms in total. The van der Waals surface area contributed by atoms with Gasteiger partial charge in [-0.2, -0.15) is 5.10 Å². The van der Waals surface area contributed by atoms with Gasteiger partial charge in [0.15, 0.2) is 5.82 Å². The summed E-state index contributed by atoms with van der Waals surface area (Å²) in [5, 5.41) is 10.7. The lowest BCUT2D eigenvalue weighted by Crippen LogP contribution is -2.13. The van der Waals surface area contributed by atoms with E-state index in [4.69, 9.17) is 0 Å². The van der Waals surface area contributed by atoms with Crippen molar-refractivity contribution in [3.8, 4) is 0 Å². The molecule has 2 N–H and O–H groups in total. The van der Waals surface area contributed by atoms with Gasteiger partial charge in [-0.3, -0.25) is 9.89 Å². The molecule has 1 aliphatic rings. The summed E-state index contributed by atoms with van der Waals surface area (Å²) in [5.41, 5.74) is 1.69. The van der Waals surface area contributed by atoms with Crippen molar-refractivity contribution in [2.24, 2.45) is 0 Å². The minimum atomic E-state index is -0.172. The van der Waals surface area contributed by atoms with Gasteiger partial charge < -0.3 is 5.32 Å². The van der Waals surface area contributed by atoms with Gasteiger partial charge in [0.25, 0.3) is 5.91 Å². The molecular weight excluding hydrogens is 272 g/mol. The van der Waals surface area contributed by atoms with Crippen LogP contribution in [-0.4, -0.2) is 27.3 Å². The molecule has 0 aliphatic heterocycles. The highest BCUT2D eigenvalue weighted by Gasteiger charge is 2.22. The topological polar surface area (TPSA) is 70.7 Å². The lowest BCUT2D eigenvalue weighted by Gasteiger charge is -2.23. The molecule has 2 aromatic heterocycles. The second-order valence-electron chi connectivity index (χ2n) is 4.85. The number of amides is 1. The minimum absolute atomic E-state index is 0.172. The average molecular weight is 288 g/mol. The van der Waals surface area contributed by atoms with Crippen LogP contribution in [0.2, 0.25) is 0 Å². The Labute approximate surface area is 121 Å². The summed E-state index contributed by atoms with van der Waals surface area (Å²) in [4.78, 5) is 16.4. The van der Waals surface area contributed by atoms with Gasteiger partial charge in [0, 0.05) is 23.9 Å². The first-order valence-electron chi connectivity index (χ1n) is 6.63. The van der Waals surface area contributed by atoms with Crippen LogP contribution in [0.4, 0.5) is 5.82 Å². The molecule has 0 spiro atoms. The molecule has 1 aliphatic carbocycles. The first-order chi connectivity index (χ1) is 9.78. The molecule has 1 amide bonds. The summed E-state index contributed by atoms with van der Waals surface area (Å²) >= 11 is 1.46. The second-order valence-corrected chi connectivity index (χ2v) is 5.65. The van der Waals surface area contributed by atoms with Crippen LogP contribution < -0.4 is 5.32 Å². The van der Waals surface area contributed by atoms with Crippen molar-refractivity contribution in [1.82, 2.24) is 15.2 Å². The molecular formula is C14H16N4OS. The summed E-state index contributed by atoms with van der Waals surface area (Å²) in [6.07, 6.45) is 7.27. The number of aromatic amines is 1. The van der Waals surface area contributed by atoms with Gasteiger partial charge in [-0.05, 0) is 31.2 Å². The Hall–Kier alpha value is -1.82. The summed E-state index contributed by atoms with van der Waals surface area (Å²) in [6.45, 7) is 0. The fourth-order valence-corrected chi connectivity index (χ4v) is 2.79. The van der Waals surface area contributed by atoms with E-state index >= 15 is 0 Å². The van der Waals surface area contributed by atoms with E-state index in [2.05, 4.69) is 20.5 Å². The van der Waals surface area contributed by atoms with E-state index < -0.39 is 0 Å². The quantitative estimate of drug-likeness (QED) is 0.848. The number of anilines is 1. The number of nitrogens with one attached hydrogen (secondary N) is 2. The van der Waals surface area contributed by atoms with Crippen molar-refractivity contribution in [1.29, 1.82) is 0 Å². The highest BCUT2D eigenvalue weighted by atomic mass is 32.2. The Morgan fingerprint density at radius 1 is 1.50 bits per heavy atom. The lowest BCUT2D eigenvalue weighted by molar-refractivity contribution is 0.102. The molecule has 0 radical (unpaired) electrons. The largest absolute Gasteiger partial charge is 0.305 e. The monoisotopic (exact) mass is 288 g/mol. The van der Waals surface area contributed by atoms with Crippen LogP contribution in [-0.2, 0) is 0 Å². The zero-order valence-electron chi connectivity index (χ0n) is 11.2. The number of thioether (sulfide) groups is 1. The highest BCUT2D eigenvalue weighted by Crippen LogP contribution is 2.35. The lowest BCUT2D eigenvalue weighted by atomic mass is 9.83. The van der Waals surface area contributed by atoms with E-state index in [1.54, 1.807) is 18.3 Å². The average Bonchev–Trinajstić information content (AvgIpc) is 2.84. The standard InChI is InChI=1S/C14H16N4OS/c1-20-14-10(6-3-7-15-14)13(19)16-12-8-11(17-18-12)9-4-2-5-9/h3,6-9H,2,4-5H2,1H3,(H2,16,17,18,19). The Morgan fingerprint density at radius 3 is 3.05 bits per heavy atom. The van der Waals surface area contributed by atoms with Gasteiger partial charge in [-0.1, -0.05) is 6.42 Å². The van der Waals surface area contributed by atoms with Crippen LogP contribution in [0.1, 0.15) is 41.2 Å². The Kier molecular flexibility index (Phi) is 3.73. The van der Waals surface area contributed by atoms with E-state index in [-0.39, 0.29) is 5.91 Å². The fourth-order valence-electron chi connectivity index (χ4n) is 2.24. The predicted octanol–water partition coefficient (Wildman–Crippen LogP) is 3.05. The van der Waals surface area contributed by atoms with E-state index in [0.29, 0.717) is 17.3 Å². The van der Waals surface area contributed by atoms with Crippen molar-refractivity contribution < 1.29 is 4.79 Å². The summed E-state index contributed by atoms with van der Waals surface area (Å²) in [5.74, 6) is 0.982. The van der Waals surface area contributed by atoms with Gasteiger partial charge in [0.05, 0.1) is 5.56 Å². The van der Waals surface area contributed by atoms with E-state index in [9.17, 15) is 4.79 Å². The van der Waals surface area contributed by atoms with Crippen LogP contribution in [0.15, 0.2) is 29.4 Å². The normalized spacial score (nSPS) is 14.8. The van der Waals surface area contributed by atoms with Gasteiger partial charge in [-0.15, -0.1) is 11.8 Å². The molecule has 0 atom stereocenters. The number of hydrogen-bond donors (Lipinski definition) is 2. The van der Waals surface area contributed by atoms with Gasteiger partial charge >= 0.3 is 0 Å². The maximum absolute atomic E-state index is 12.2. The zero-order chi connectivity index (χ0) is 13.9. The number of nitrogens with zero attached hydrogens (tertiary/aromatic N) is 2. The number of carbonyl (C=O) groups excluding carboxylic acids is 1. The Bertz CT molecular complexity index is 621. The number of H-pyrrole nitrogens is 1. The number of aromatic nitrogens is 3. The summed E-state index contributed by atoms with van der Waals surface area (Å²) < 4.78 is 0. The van der Waals surface area contributed by atoms with Gasteiger partial charge in [-0.25, -0.2) is 4.98 Å². The van der Waals surface area contributed by atoms with Crippen molar-refractivity contribution in [3.63, 3.8) is 0 Å². The molecule has 0 aromatic carbocycles. The van der Waals surface area contributed by atoms with Crippen LogP contribution in [0.5, 0.6) is 0 Å². The Morgan fingerprint density at radius 2 is 2.35 bits per heavy atom. The van der Waals surface area contributed by atoms with Crippen molar-refractivity contribution in [2.75, 3.05) is 11.6 Å². The van der Waals surface area contributed by atoms with Crippen LogP contribution in [0.25, 0.3) is 0 Å². The first-order valence-corrected chi connectivity index (χ1v) is 7.86. The number of hydrogen-bond acceptors (Lipinski definition) is 4. The highest BCUT2D eigenvalue weighted by molar-refractivity contribution is 7.98. The third-order valence-electron chi connectivity index (χ3n) is 3.59. The van der Waals surface area contributed by atoms with Crippen molar-refractivity contribution in [2.45, 2.75) is 30.2 Å². The number of rotatable bonds is 4. The molecule has 0 saturated heterocycles. The molecule has 20 heavy (non-hydrogen) atoms. The third-order valence-corrected chi connectivity index (χ3v) is 4.31. The van der Waals surface area contributed by atoms with Crippen LogP contribution in [0.3, 0.4) is 0 Å². The first kappa shape index (κ1) is 13.2. The Balaban J connectivity index is 1.73. The number of pyridine rings is 1. The summed E-state index contributed by atoms with van der Waals surface area (Å²) in [7, 11) is 0. The molecule has 1 fully saturated rings. The number of carbonyl (C=O) groups is 1. The van der Waals surface area contributed by atoms with Crippen molar-refractivity contribution >= 4 is 23.5 Å². The maximum atomic E-state index is 12.2. The van der Waals surface area contributed by atoms with Gasteiger partial charge in [0.1, 0.15) is 5.03 Å². The molecule has 2 heterocycles. The predicted molar refractivity (Wildman–Crippen MR) is 79.2 cm³/mol. The van der Waals surface area contributed by atoms with E-state index in [1.807, 2.05) is 12.3 Å². The summed E-state index contributed by atoms with van der Waals surface area (Å²) in [6, 6.07) is 5.46. The molecule has 2 aromatic rings. The van der Waals surface area contributed by atoms with E-state index in [0.717, 1.165) is 10.7 Å². The fraction of sp³-hybridized carbons (Fsp3) is 0.357. The smallest absolute Gasteiger partial charge is 0.259 e. The zero-order valence-corrected chi connectivity index (χ0v) is 12.0. The third kappa shape index (κ3) is 2.56. The second kappa shape index (κ2) is 5.66. The molecule has 0 unspecified atom stereocenters. The molecule has 104 valence electrons. The van der Waals surface area contributed by atoms with Gasteiger partial charge in [0.2, 0.25) is 0 Å². The molecule has 1 saturated carbocycles. The SMILES string of the molecule is CSc1ncccc1C(=O)Nc1cc(C2CCC2)[nH]n1. The minimum Gasteiger partial charge on any atom is -0.305 e. The molecule has 6 heteroatoms. The van der Waals surface area contributed by atoms with Crippen molar-refractivity contribution in [3.05, 3.63) is 35.7 Å². The van der Waals surface area contributed by atoms with Crippen LogP contribution >= 0.6 is 11.8 Å². The van der Waals surface area contributed by atoms with E-state index in [1.165, 1.54) is 31.0 Å².